The van der Waals surface area contributed by atoms with Gasteiger partial charge in [0.05, 0.1) is 5.69 Å². The molecule has 0 N–H and O–H groups in total. The van der Waals surface area contributed by atoms with E-state index in [9.17, 15) is 13.6 Å². The van der Waals surface area contributed by atoms with Crippen molar-refractivity contribution >= 4 is 17.7 Å². The van der Waals surface area contributed by atoms with E-state index < -0.39 is 5.82 Å². The molecule has 0 atom stereocenters. The zero-order valence-electron chi connectivity index (χ0n) is 10.1. The molecule has 0 bridgehead atoms. The second kappa shape index (κ2) is 4.46. The van der Waals surface area contributed by atoms with Gasteiger partial charge in [-0.05, 0) is 42.3 Å². The summed E-state index contributed by atoms with van der Waals surface area (Å²) in [6.45, 7) is 0.607. The van der Waals surface area contributed by atoms with Gasteiger partial charge >= 0.3 is 0 Å². The van der Waals surface area contributed by atoms with Gasteiger partial charge in [-0.15, -0.1) is 0 Å². The summed E-state index contributed by atoms with van der Waals surface area (Å²) >= 11 is 0. The molecule has 0 amide bonds. The number of nitrogens with zero attached hydrogens (tertiary/aromatic N) is 1. The molecule has 3 rings (SSSR count). The Morgan fingerprint density at radius 3 is 2.63 bits per heavy atom. The Morgan fingerprint density at radius 2 is 1.89 bits per heavy atom. The molecule has 0 spiro atoms. The number of rotatable bonds is 2. The minimum Gasteiger partial charge on any atom is -0.338 e. The highest BCUT2D eigenvalue weighted by Crippen LogP contribution is 2.36. The maximum atomic E-state index is 14.0. The highest BCUT2D eigenvalue weighted by atomic mass is 19.1. The predicted octanol–water partition coefficient (Wildman–Crippen LogP) is 3.47. The summed E-state index contributed by atoms with van der Waals surface area (Å²) < 4.78 is 27.3. The molecule has 0 saturated heterocycles. The first-order valence-corrected chi connectivity index (χ1v) is 6.00. The van der Waals surface area contributed by atoms with Gasteiger partial charge < -0.3 is 4.90 Å². The van der Waals surface area contributed by atoms with Crippen molar-refractivity contribution in [1.82, 2.24) is 0 Å². The first kappa shape index (κ1) is 11.8. The monoisotopic (exact) mass is 259 g/mol. The molecule has 1 aliphatic rings. The van der Waals surface area contributed by atoms with Gasteiger partial charge in [0.15, 0.2) is 0 Å². The van der Waals surface area contributed by atoms with Gasteiger partial charge in [0, 0.05) is 17.8 Å². The number of hydrogen-bond acceptors (Lipinski definition) is 2. The van der Waals surface area contributed by atoms with Gasteiger partial charge in [0.2, 0.25) is 0 Å². The highest BCUT2D eigenvalue weighted by molar-refractivity contribution is 5.77. The SMILES string of the molecule is O=Cc1ccc(N2CCc3ccc(F)cc32)c(F)c1. The molecule has 0 saturated carbocycles. The van der Waals surface area contributed by atoms with Crippen LogP contribution >= 0.6 is 0 Å². The summed E-state index contributed by atoms with van der Waals surface area (Å²) in [4.78, 5) is 12.3. The van der Waals surface area contributed by atoms with Crippen LogP contribution in [0.5, 0.6) is 0 Å². The van der Waals surface area contributed by atoms with E-state index in [1.54, 1.807) is 23.1 Å². The normalized spacial score (nSPS) is 13.5. The van der Waals surface area contributed by atoms with E-state index in [2.05, 4.69) is 0 Å². The average molecular weight is 259 g/mol. The lowest BCUT2D eigenvalue weighted by Gasteiger charge is -2.20. The van der Waals surface area contributed by atoms with Gasteiger partial charge in [-0.25, -0.2) is 8.78 Å². The Labute approximate surface area is 109 Å². The lowest BCUT2D eigenvalue weighted by Crippen LogP contribution is -2.15. The lowest BCUT2D eigenvalue weighted by molar-refractivity contribution is 0.112. The third-order valence-corrected chi connectivity index (χ3v) is 3.34. The van der Waals surface area contributed by atoms with Gasteiger partial charge in [-0.3, -0.25) is 4.79 Å². The van der Waals surface area contributed by atoms with Crippen molar-refractivity contribution in [3.63, 3.8) is 0 Å². The van der Waals surface area contributed by atoms with Gasteiger partial charge in [0.1, 0.15) is 17.9 Å². The zero-order chi connectivity index (χ0) is 13.4. The van der Waals surface area contributed by atoms with Crippen LogP contribution in [0.15, 0.2) is 36.4 Å². The fourth-order valence-corrected chi connectivity index (χ4v) is 2.42. The van der Waals surface area contributed by atoms with E-state index in [0.717, 1.165) is 12.0 Å². The highest BCUT2D eigenvalue weighted by Gasteiger charge is 2.23. The van der Waals surface area contributed by atoms with Gasteiger partial charge in [-0.2, -0.15) is 0 Å². The Balaban J connectivity index is 2.06. The minimum atomic E-state index is -0.471. The van der Waals surface area contributed by atoms with E-state index in [1.165, 1.54) is 18.2 Å². The number of hydrogen-bond donors (Lipinski definition) is 0. The Kier molecular flexibility index (Phi) is 2.78. The summed E-state index contributed by atoms with van der Waals surface area (Å²) in [6.07, 6.45) is 1.36. The van der Waals surface area contributed by atoms with E-state index >= 15 is 0 Å². The molecule has 96 valence electrons. The van der Waals surface area contributed by atoms with Crippen LogP contribution in [0.1, 0.15) is 15.9 Å². The van der Waals surface area contributed by atoms with Gasteiger partial charge in [0.25, 0.3) is 0 Å². The van der Waals surface area contributed by atoms with Crippen molar-refractivity contribution < 1.29 is 13.6 Å². The van der Waals surface area contributed by atoms with E-state index in [-0.39, 0.29) is 5.82 Å². The third kappa shape index (κ3) is 1.99. The van der Waals surface area contributed by atoms with Crippen molar-refractivity contribution in [3.8, 4) is 0 Å². The summed E-state index contributed by atoms with van der Waals surface area (Å²) in [5.74, 6) is -0.808. The summed E-state index contributed by atoms with van der Waals surface area (Å²) in [6, 6.07) is 8.85. The largest absolute Gasteiger partial charge is 0.338 e. The summed E-state index contributed by atoms with van der Waals surface area (Å²) in [7, 11) is 0. The number of benzene rings is 2. The Morgan fingerprint density at radius 1 is 1.05 bits per heavy atom. The second-order valence-corrected chi connectivity index (χ2v) is 4.50. The predicted molar refractivity (Wildman–Crippen MR) is 68.9 cm³/mol. The molecule has 0 aliphatic carbocycles. The maximum absolute atomic E-state index is 14.0. The summed E-state index contributed by atoms with van der Waals surface area (Å²) in [5.41, 5.74) is 2.35. The molecule has 4 heteroatoms. The molecule has 2 nitrogen and oxygen atoms in total. The van der Waals surface area contributed by atoms with Crippen LogP contribution in [-0.4, -0.2) is 12.8 Å². The quantitative estimate of drug-likeness (QED) is 0.770. The number of aldehydes is 1. The van der Waals surface area contributed by atoms with Crippen LogP contribution in [0.3, 0.4) is 0 Å². The molecule has 0 unspecified atom stereocenters. The number of halogens is 2. The maximum Gasteiger partial charge on any atom is 0.150 e. The van der Waals surface area contributed by atoms with Crippen LogP contribution in [-0.2, 0) is 6.42 Å². The molecule has 0 fully saturated rings. The number of fused-ring (bicyclic) bond motifs is 1. The van der Waals surface area contributed by atoms with Crippen molar-refractivity contribution in [2.75, 3.05) is 11.4 Å². The summed E-state index contributed by atoms with van der Waals surface area (Å²) in [5, 5.41) is 0. The van der Waals surface area contributed by atoms with Gasteiger partial charge in [-0.1, -0.05) is 6.07 Å². The van der Waals surface area contributed by atoms with Crippen LogP contribution in [0.2, 0.25) is 0 Å². The molecule has 1 aliphatic heterocycles. The topological polar surface area (TPSA) is 20.3 Å². The number of anilines is 2. The first-order valence-electron chi connectivity index (χ1n) is 6.00. The lowest BCUT2D eigenvalue weighted by atomic mass is 10.1. The molecular weight excluding hydrogens is 248 g/mol. The Hall–Kier alpha value is -2.23. The molecule has 0 radical (unpaired) electrons. The van der Waals surface area contributed by atoms with Crippen molar-refractivity contribution in [3.05, 3.63) is 59.2 Å². The van der Waals surface area contributed by atoms with E-state index in [0.29, 0.717) is 29.8 Å². The smallest absolute Gasteiger partial charge is 0.150 e. The van der Waals surface area contributed by atoms with Crippen LogP contribution < -0.4 is 4.90 Å². The third-order valence-electron chi connectivity index (χ3n) is 3.34. The van der Waals surface area contributed by atoms with Crippen molar-refractivity contribution in [1.29, 1.82) is 0 Å². The van der Waals surface area contributed by atoms with Crippen molar-refractivity contribution in [2.45, 2.75) is 6.42 Å². The van der Waals surface area contributed by atoms with Crippen LogP contribution in [0.4, 0.5) is 20.2 Å². The number of carbonyl (C=O) groups is 1. The molecule has 19 heavy (non-hydrogen) atoms. The molecule has 1 heterocycles. The van der Waals surface area contributed by atoms with E-state index in [4.69, 9.17) is 0 Å². The second-order valence-electron chi connectivity index (χ2n) is 4.50. The average Bonchev–Trinajstić information content (AvgIpc) is 2.81. The molecule has 2 aromatic rings. The molecule has 0 aromatic heterocycles. The van der Waals surface area contributed by atoms with Crippen LogP contribution in [0, 0.1) is 11.6 Å². The minimum absolute atomic E-state index is 0.292. The zero-order valence-corrected chi connectivity index (χ0v) is 10.1. The Bertz CT molecular complexity index is 655. The number of carbonyl (C=O) groups excluding carboxylic acids is 1. The van der Waals surface area contributed by atoms with E-state index in [1.807, 2.05) is 0 Å². The fraction of sp³-hybridized carbons (Fsp3) is 0.133. The fourth-order valence-electron chi connectivity index (χ4n) is 2.42. The molecule has 2 aromatic carbocycles. The standard InChI is InChI=1S/C15H11F2NO/c16-12-3-2-11-5-6-18(15(11)8-12)14-4-1-10(9-19)7-13(14)17/h1-4,7-9H,5-6H2. The van der Waals surface area contributed by atoms with Crippen molar-refractivity contribution in [2.24, 2.45) is 0 Å². The van der Waals surface area contributed by atoms with Crippen LogP contribution in [0.25, 0.3) is 0 Å². The molecular formula is C15H11F2NO. The first-order chi connectivity index (χ1) is 9.19.